The number of rotatable bonds is 6. The average Bonchev–Trinajstić information content (AvgIpc) is 2.67. The van der Waals surface area contributed by atoms with Crippen LogP contribution in [0, 0.1) is 0 Å². The van der Waals surface area contributed by atoms with Crippen molar-refractivity contribution >= 4 is 23.3 Å². The van der Waals surface area contributed by atoms with E-state index in [4.69, 9.17) is 16.3 Å². The molecule has 2 aromatic rings. The van der Waals surface area contributed by atoms with E-state index in [2.05, 4.69) is 10.3 Å². The number of anilines is 1. The number of hydrogen-bond donors (Lipinski definition) is 1. The molecule has 1 saturated heterocycles. The molecule has 150 valence electrons. The highest BCUT2D eigenvalue weighted by molar-refractivity contribution is 6.30. The van der Waals surface area contributed by atoms with Gasteiger partial charge in [0.1, 0.15) is 11.6 Å². The maximum absolute atomic E-state index is 14.0. The first-order valence-electron chi connectivity index (χ1n) is 9.15. The fourth-order valence-electron chi connectivity index (χ4n) is 3.26. The lowest BCUT2D eigenvalue weighted by molar-refractivity contribution is -0.0674. The van der Waals surface area contributed by atoms with Crippen molar-refractivity contribution < 1.29 is 18.3 Å². The van der Waals surface area contributed by atoms with Crippen molar-refractivity contribution in [3.05, 3.63) is 53.2 Å². The summed E-state index contributed by atoms with van der Waals surface area (Å²) in [7, 11) is 0. The first-order chi connectivity index (χ1) is 13.4. The molecule has 1 fully saturated rings. The molecule has 0 bridgehead atoms. The summed E-state index contributed by atoms with van der Waals surface area (Å²) >= 11 is 5.82. The summed E-state index contributed by atoms with van der Waals surface area (Å²) < 4.78 is 33.6. The topological polar surface area (TPSA) is 54.5 Å². The van der Waals surface area contributed by atoms with Crippen molar-refractivity contribution in [3.63, 3.8) is 0 Å². The van der Waals surface area contributed by atoms with Crippen molar-refractivity contribution in [2.75, 3.05) is 25.0 Å². The molecule has 1 atom stereocenters. The molecule has 3 rings (SSSR count). The molecule has 5 nitrogen and oxygen atoms in total. The van der Waals surface area contributed by atoms with Crippen LogP contribution in [0.3, 0.4) is 0 Å². The second-order valence-electron chi connectivity index (χ2n) is 6.63. The third-order valence-electron chi connectivity index (χ3n) is 4.62. The molecule has 1 aliphatic rings. The number of para-hydroxylation sites is 1. The summed E-state index contributed by atoms with van der Waals surface area (Å²) in [5.74, 6) is -2.15. The predicted octanol–water partition coefficient (Wildman–Crippen LogP) is 4.49. The number of aromatic nitrogens is 1. The number of carbonyl (C=O) groups excluding carboxylic acids is 1. The Balaban J connectivity index is 1.79. The summed E-state index contributed by atoms with van der Waals surface area (Å²) in [6, 6.07) is 9.53. The Morgan fingerprint density at radius 1 is 1.36 bits per heavy atom. The maximum atomic E-state index is 14.0. The second kappa shape index (κ2) is 8.73. The van der Waals surface area contributed by atoms with E-state index in [0.29, 0.717) is 28.8 Å². The van der Waals surface area contributed by atoms with Crippen molar-refractivity contribution in [2.45, 2.75) is 31.7 Å². The van der Waals surface area contributed by atoms with Crippen LogP contribution < -0.4 is 10.1 Å². The largest absolute Gasteiger partial charge is 0.493 e. The fourth-order valence-corrected chi connectivity index (χ4v) is 3.37. The highest BCUT2D eigenvalue weighted by atomic mass is 35.5. The number of pyridine rings is 1. The smallest absolute Gasteiger partial charge is 0.257 e. The number of amides is 1. The molecule has 1 amide bonds. The van der Waals surface area contributed by atoms with E-state index in [1.165, 1.54) is 11.1 Å². The minimum absolute atomic E-state index is 0.0211. The lowest BCUT2D eigenvalue weighted by atomic mass is 9.97. The zero-order chi connectivity index (χ0) is 20.1. The zero-order valence-electron chi connectivity index (χ0n) is 15.5. The van der Waals surface area contributed by atoms with Gasteiger partial charge in [-0.15, -0.1) is 0 Å². The van der Waals surface area contributed by atoms with Gasteiger partial charge in [0.2, 0.25) is 0 Å². The molecule has 2 heterocycles. The Kier molecular flexibility index (Phi) is 6.34. The number of ether oxygens (including phenoxy) is 1. The Labute approximate surface area is 167 Å². The number of alkyl halides is 2. The van der Waals surface area contributed by atoms with Gasteiger partial charge < -0.3 is 15.0 Å². The first kappa shape index (κ1) is 20.3. The normalized spacial score (nSPS) is 18.6. The van der Waals surface area contributed by atoms with E-state index in [-0.39, 0.29) is 25.4 Å². The molecule has 1 aliphatic heterocycles. The molecule has 8 heteroatoms. The number of nitrogens with one attached hydrogen (secondary N) is 1. The number of likely N-dealkylation sites (tertiary alicyclic amines) is 1. The zero-order valence-corrected chi connectivity index (χ0v) is 16.3. The molecule has 1 aromatic carbocycles. The Bertz CT molecular complexity index is 817. The van der Waals surface area contributed by atoms with Crippen LogP contribution in [0.25, 0.3) is 0 Å². The quantitative estimate of drug-likeness (QED) is 0.764. The molecular formula is C20H22ClF2N3O2. The lowest BCUT2D eigenvalue weighted by Crippen LogP contribution is -2.52. The molecule has 1 N–H and O–H groups in total. The predicted molar refractivity (Wildman–Crippen MR) is 104 cm³/mol. The molecule has 28 heavy (non-hydrogen) atoms. The summed E-state index contributed by atoms with van der Waals surface area (Å²) in [6.07, 6.45) is 0.710. The molecule has 1 aromatic heterocycles. The van der Waals surface area contributed by atoms with Crippen molar-refractivity contribution in [2.24, 2.45) is 0 Å². The number of halogens is 3. The van der Waals surface area contributed by atoms with Crippen molar-refractivity contribution in [1.29, 1.82) is 0 Å². The summed E-state index contributed by atoms with van der Waals surface area (Å²) in [6.45, 7) is 2.38. The van der Waals surface area contributed by atoms with Gasteiger partial charge in [0, 0.05) is 32.1 Å². The van der Waals surface area contributed by atoms with Crippen molar-refractivity contribution in [3.8, 4) is 5.75 Å². The highest BCUT2D eigenvalue weighted by Gasteiger charge is 2.42. The van der Waals surface area contributed by atoms with E-state index < -0.39 is 18.4 Å². The van der Waals surface area contributed by atoms with Crippen LogP contribution in [0.4, 0.5) is 14.6 Å². The van der Waals surface area contributed by atoms with E-state index in [1.807, 2.05) is 6.92 Å². The van der Waals surface area contributed by atoms with E-state index in [1.54, 1.807) is 36.4 Å². The van der Waals surface area contributed by atoms with Gasteiger partial charge in [-0.25, -0.2) is 13.8 Å². The van der Waals surface area contributed by atoms with Gasteiger partial charge in [0.25, 0.3) is 11.8 Å². The molecule has 0 aliphatic carbocycles. The number of benzene rings is 1. The average molecular weight is 410 g/mol. The number of hydrogen-bond acceptors (Lipinski definition) is 4. The van der Waals surface area contributed by atoms with Gasteiger partial charge in [0.15, 0.2) is 0 Å². The van der Waals surface area contributed by atoms with Crippen molar-refractivity contribution in [1.82, 2.24) is 9.88 Å². The van der Waals surface area contributed by atoms with E-state index in [0.717, 1.165) is 0 Å². The standard InChI is InChI=1S/C20H22ClF2N3O2/c1-2-28-17-6-4-3-5-16(17)19(27)26-10-9-20(22,23)11-15(26)13-25-18-8-7-14(21)12-24-18/h3-8,12,15H,2,9-11,13H2,1H3,(H,24,25). The third kappa shape index (κ3) is 4.90. The molecular weight excluding hydrogens is 388 g/mol. The Hall–Kier alpha value is -2.41. The van der Waals surface area contributed by atoms with Crippen LogP contribution in [0.2, 0.25) is 5.02 Å². The molecule has 1 unspecified atom stereocenters. The maximum Gasteiger partial charge on any atom is 0.257 e. The van der Waals surface area contributed by atoms with E-state index >= 15 is 0 Å². The number of carbonyl (C=O) groups is 1. The van der Waals surface area contributed by atoms with Crippen LogP contribution in [-0.2, 0) is 0 Å². The van der Waals surface area contributed by atoms with Gasteiger partial charge in [-0.2, -0.15) is 0 Å². The molecule has 0 saturated carbocycles. The Morgan fingerprint density at radius 3 is 2.86 bits per heavy atom. The SMILES string of the molecule is CCOc1ccccc1C(=O)N1CCC(F)(F)CC1CNc1ccc(Cl)cn1. The van der Waals surface area contributed by atoms with Crippen LogP contribution in [0.1, 0.15) is 30.1 Å². The lowest BCUT2D eigenvalue weighted by Gasteiger charge is -2.39. The summed E-state index contributed by atoms with van der Waals surface area (Å²) in [5, 5.41) is 3.51. The molecule has 0 spiro atoms. The Morgan fingerprint density at radius 2 is 2.14 bits per heavy atom. The van der Waals surface area contributed by atoms with Crippen LogP contribution in [0.15, 0.2) is 42.6 Å². The molecule has 0 radical (unpaired) electrons. The summed E-state index contributed by atoms with van der Waals surface area (Å²) in [4.78, 5) is 18.7. The van der Waals surface area contributed by atoms with Gasteiger partial charge in [-0.1, -0.05) is 23.7 Å². The number of nitrogens with zero attached hydrogens (tertiary/aromatic N) is 2. The van der Waals surface area contributed by atoms with E-state index in [9.17, 15) is 13.6 Å². The van der Waals surface area contributed by atoms with Crippen LogP contribution in [-0.4, -0.2) is 47.5 Å². The van der Waals surface area contributed by atoms with Gasteiger partial charge in [-0.3, -0.25) is 4.79 Å². The number of piperidine rings is 1. The van der Waals surface area contributed by atoms with Crippen LogP contribution >= 0.6 is 11.6 Å². The van der Waals surface area contributed by atoms with Crippen LogP contribution in [0.5, 0.6) is 5.75 Å². The van der Waals surface area contributed by atoms with Gasteiger partial charge in [0.05, 0.1) is 23.2 Å². The van der Waals surface area contributed by atoms with Gasteiger partial charge in [-0.05, 0) is 31.2 Å². The minimum atomic E-state index is -2.81. The summed E-state index contributed by atoms with van der Waals surface area (Å²) in [5.41, 5.74) is 0.379. The monoisotopic (exact) mass is 409 g/mol. The second-order valence-corrected chi connectivity index (χ2v) is 7.07. The third-order valence-corrected chi connectivity index (χ3v) is 4.84. The minimum Gasteiger partial charge on any atom is -0.493 e. The fraction of sp³-hybridized carbons (Fsp3) is 0.400. The first-order valence-corrected chi connectivity index (χ1v) is 9.53. The van der Waals surface area contributed by atoms with Gasteiger partial charge >= 0.3 is 0 Å². The highest BCUT2D eigenvalue weighted by Crippen LogP contribution is 2.33.